The highest BCUT2D eigenvalue weighted by molar-refractivity contribution is 6.83. The summed E-state index contributed by atoms with van der Waals surface area (Å²) in [4.78, 5) is 0. The summed E-state index contributed by atoms with van der Waals surface area (Å²) in [5.41, 5.74) is 3.39. The van der Waals surface area contributed by atoms with Crippen molar-refractivity contribution >= 4 is 16.4 Å². The standard InChI is InChI=1S/C16H34O2Si2/c1-14(11-10-12-19(5,6)7)15(13-17)18-20(8,9)16(2,3)4/h14-15,17H,11,13H2,1-9H3/t14-,15-/m1/s1. The summed E-state index contributed by atoms with van der Waals surface area (Å²) in [6, 6.07) is 0. The molecule has 0 spiro atoms. The molecule has 20 heavy (non-hydrogen) atoms. The molecule has 0 saturated carbocycles. The summed E-state index contributed by atoms with van der Waals surface area (Å²) < 4.78 is 6.33. The van der Waals surface area contributed by atoms with Gasteiger partial charge in [-0.2, -0.15) is 0 Å². The van der Waals surface area contributed by atoms with Crippen LogP contribution in [0.15, 0.2) is 0 Å². The minimum Gasteiger partial charge on any atom is -0.411 e. The summed E-state index contributed by atoms with van der Waals surface area (Å²) in [6.45, 7) is 20.1. The first-order valence-corrected chi connectivity index (χ1v) is 14.0. The molecule has 0 aliphatic rings. The van der Waals surface area contributed by atoms with Gasteiger partial charge in [-0.05, 0) is 24.1 Å². The van der Waals surface area contributed by atoms with E-state index in [2.05, 4.69) is 71.9 Å². The predicted octanol–water partition coefficient (Wildman–Crippen LogP) is 4.28. The maximum absolute atomic E-state index is 9.64. The van der Waals surface area contributed by atoms with Gasteiger partial charge in [0.05, 0.1) is 12.7 Å². The number of rotatable bonds is 5. The minimum atomic E-state index is -1.83. The monoisotopic (exact) mass is 314 g/mol. The van der Waals surface area contributed by atoms with E-state index < -0.39 is 16.4 Å². The van der Waals surface area contributed by atoms with Crippen molar-refractivity contribution < 1.29 is 9.53 Å². The third kappa shape index (κ3) is 7.07. The van der Waals surface area contributed by atoms with E-state index in [1.165, 1.54) is 0 Å². The van der Waals surface area contributed by atoms with Crippen LogP contribution >= 0.6 is 0 Å². The van der Waals surface area contributed by atoms with Gasteiger partial charge >= 0.3 is 0 Å². The van der Waals surface area contributed by atoms with Crippen LogP contribution in [0.5, 0.6) is 0 Å². The van der Waals surface area contributed by atoms with Crippen LogP contribution in [0, 0.1) is 17.4 Å². The molecule has 2 atom stereocenters. The summed E-state index contributed by atoms with van der Waals surface area (Å²) in [5.74, 6) is 3.58. The van der Waals surface area contributed by atoms with Crippen LogP contribution in [0.3, 0.4) is 0 Å². The molecule has 0 unspecified atom stereocenters. The molecule has 0 heterocycles. The first-order chi connectivity index (χ1) is 8.80. The molecule has 0 amide bonds. The van der Waals surface area contributed by atoms with Crippen molar-refractivity contribution in [1.29, 1.82) is 0 Å². The van der Waals surface area contributed by atoms with E-state index >= 15 is 0 Å². The Bertz CT molecular complexity index is 353. The molecule has 0 aliphatic heterocycles. The maximum Gasteiger partial charge on any atom is 0.192 e. The van der Waals surface area contributed by atoms with E-state index in [-0.39, 0.29) is 23.7 Å². The van der Waals surface area contributed by atoms with Gasteiger partial charge in [0.2, 0.25) is 0 Å². The SMILES string of the molecule is C[C@H](CC#C[Si](C)(C)C)[C@@H](CO)O[Si](C)(C)C(C)(C)C. The van der Waals surface area contributed by atoms with Crippen LogP contribution in [0.4, 0.5) is 0 Å². The molecule has 1 N–H and O–H groups in total. The fourth-order valence-electron chi connectivity index (χ4n) is 1.50. The summed E-state index contributed by atoms with van der Waals surface area (Å²) in [5, 5.41) is 9.81. The van der Waals surface area contributed by atoms with Crippen LogP contribution < -0.4 is 0 Å². The lowest BCUT2D eigenvalue weighted by Gasteiger charge is -2.40. The summed E-state index contributed by atoms with van der Waals surface area (Å²) >= 11 is 0. The van der Waals surface area contributed by atoms with Gasteiger partial charge in [0, 0.05) is 6.42 Å². The topological polar surface area (TPSA) is 29.5 Å². The Balaban J connectivity index is 4.72. The average molecular weight is 315 g/mol. The average Bonchev–Trinajstić information content (AvgIpc) is 2.22. The lowest BCUT2D eigenvalue weighted by atomic mass is 10.0. The van der Waals surface area contributed by atoms with Gasteiger partial charge < -0.3 is 9.53 Å². The molecule has 0 aliphatic carbocycles. The van der Waals surface area contributed by atoms with Gasteiger partial charge in [0.1, 0.15) is 8.07 Å². The molecule has 0 aromatic rings. The molecule has 2 nitrogen and oxygen atoms in total. The smallest absolute Gasteiger partial charge is 0.192 e. The third-order valence-electron chi connectivity index (χ3n) is 3.95. The van der Waals surface area contributed by atoms with E-state index in [1.807, 2.05) is 0 Å². The Labute approximate surface area is 128 Å². The number of hydrogen-bond acceptors (Lipinski definition) is 2. The fourth-order valence-corrected chi connectivity index (χ4v) is 3.55. The Kier molecular flexibility index (Phi) is 7.23. The highest BCUT2D eigenvalue weighted by Crippen LogP contribution is 2.38. The normalized spacial score (nSPS) is 16.3. The van der Waals surface area contributed by atoms with Crippen molar-refractivity contribution in [2.75, 3.05) is 6.61 Å². The van der Waals surface area contributed by atoms with E-state index in [1.54, 1.807) is 0 Å². The first kappa shape index (κ1) is 19.9. The highest BCUT2D eigenvalue weighted by atomic mass is 28.4. The molecule has 118 valence electrons. The number of aliphatic hydroxyl groups excluding tert-OH is 1. The van der Waals surface area contributed by atoms with E-state index in [0.717, 1.165) is 6.42 Å². The number of aliphatic hydroxyl groups is 1. The van der Waals surface area contributed by atoms with Gasteiger partial charge in [-0.1, -0.05) is 47.3 Å². The van der Waals surface area contributed by atoms with Crippen LogP contribution in [0.2, 0.25) is 37.8 Å². The molecular formula is C16H34O2Si2. The molecule has 0 fully saturated rings. The zero-order chi connectivity index (χ0) is 16.2. The lowest BCUT2D eigenvalue weighted by molar-refractivity contribution is 0.0638. The van der Waals surface area contributed by atoms with Crippen LogP contribution in [0.1, 0.15) is 34.1 Å². The molecular weight excluding hydrogens is 280 g/mol. The van der Waals surface area contributed by atoms with Crippen molar-refractivity contribution in [2.24, 2.45) is 5.92 Å². The molecule has 0 aromatic carbocycles. The minimum absolute atomic E-state index is 0.0856. The second-order valence-electron chi connectivity index (χ2n) is 8.33. The van der Waals surface area contributed by atoms with Crippen molar-refractivity contribution in [3.05, 3.63) is 0 Å². The van der Waals surface area contributed by atoms with Crippen molar-refractivity contribution in [2.45, 2.75) is 78.0 Å². The predicted molar refractivity (Wildman–Crippen MR) is 94.1 cm³/mol. The molecule has 0 rings (SSSR count). The van der Waals surface area contributed by atoms with Gasteiger partial charge in [0.25, 0.3) is 0 Å². The van der Waals surface area contributed by atoms with Crippen LogP contribution in [-0.2, 0) is 4.43 Å². The molecule has 0 bridgehead atoms. The summed E-state index contributed by atoms with van der Waals surface area (Å²) in [6.07, 6.45) is 0.719. The Morgan fingerprint density at radius 3 is 1.95 bits per heavy atom. The zero-order valence-electron chi connectivity index (χ0n) is 14.9. The van der Waals surface area contributed by atoms with Crippen molar-refractivity contribution in [3.63, 3.8) is 0 Å². The number of hydrogen-bond donors (Lipinski definition) is 1. The van der Waals surface area contributed by atoms with Gasteiger partial charge in [-0.25, -0.2) is 0 Å². The van der Waals surface area contributed by atoms with Gasteiger partial charge in [-0.15, -0.1) is 11.5 Å². The summed E-state index contributed by atoms with van der Waals surface area (Å²) in [7, 11) is -3.13. The zero-order valence-corrected chi connectivity index (χ0v) is 16.9. The van der Waals surface area contributed by atoms with E-state index in [9.17, 15) is 5.11 Å². The Morgan fingerprint density at radius 2 is 1.60 bits per heavy atom. The second kappa shape index (κ2) is 7.26. The molecule has 4 heteroatoms. The fraction of sp³-hybridized carbons (Fsp3) is 0.875. The molecule has 0 radical (unpaired) electrons. The highest BCUT2D eigenvalue weighted by Gasteiger charge is 2.39. The molecule has 0 aromatic heterocycles. The first-order valence-electron chi connectivity index (χ1n) is 7.59. The Hall–Kier alpha value is -0.0862. The molecule has 0 saturated heterocycles. The van der Waals surface area contributed by atoms with Crippen LogP contribution in [-0.4, -0.2) is 34.2 Å². The third-order valence-corrected chi connectivity index (χ3v) is 9.39. The largest absolute Gasteiger partial charge is 0.411 e. The van der Waals surface area contributed by atoms with Crippen molar-refractivity contribution in [1.82, 2.24) is 0 Å². The maximum atomic E-state index is 9.64. The lowest BCUT2D eigenvalue weighted by Crippen LogP contribution is -2.46. The Morgan fingerprint density at radius 1 is 1.10 bits per heavy atom. The van der Waals surface area contributed by atoms with E-state index in [4.69, 9.17) is 4.43 Å². The second-order valence-corrected chi connectivity index (χ2v) is 17.8. The van der Waals surface area contributed by atoms with Gasteiger partial charge in [0.15, 0.2) is 8.32 Å². The van der Waals surface area contributed by atoms with Crippen molar-refractivity contribution in [3.8, 4) is 11.5 Å². The van der Waals surface area contributed by atoms with E-state index in [0.29, 0.717) is 0 Å². The quantitative estimate of drug-likeness (QED) is 0.606. The van der Waals surface area contributed by atoms with Crippen LogP contribution in [0.25, 0.3) is 0 Å². The van der Waals surface area contributed by atoms with Gasteiger partial charge in [-0.3, -0.25) is 0 Å².